The molecule has 0 saturated carbocycles. The summed E-state index contributed by atoms with van der Waals surface area (Å²) in [4.78, 5) is 28.7. The molecule has 106 valence electrons. The third-order valence-electron chi connectivity index (χ3n) is 3.01. The van der Waals surface area contributed by atoms with Gasteiger partial charge in [0.2, 0.25) is 0 Å². The average molecular weight is 276 g/mol. The molecule has 0 aromatic carbocycles. The van der Waals surface area contributed by atoms with Crippen LogP contribution in [0.15, 0.2) is 24.8 Å². The third kappa shape index (κ3) is 2.76. The van der Waals surface area contributed by atoms with E-state index >= 15 is 0 Å². The van der Waals surface area contributed by atoms with Crippen LogP contribution in [0.1, 0.15) is 30.6 Å². The summed E-state index contributed by atoms with van der Waals surface area (Å²) >= 11 is 0. The molecule has 0 spiro atoms. The van der Waals surface area contributed by atoms with E-state index in [1.807, 2.05) is 13.8 Å². The third-order valence-corrected chi connectivity index (χ3v) is 3.01. The first-order chi connectivity index (χ1) is 9.50. The first-order valence-corrected chi connectivity index (χ1v) is 6.31. The van der Waals surface area contributed by atoms with Crippen LogP contribution in [-0.2, 0) is 4.79 Å². The quantitative estimate of drug-likeness (QED) is 0.882. The van der Waals surface area contributed by atoms with Crippen molar-refractivity contribution in [1.29, 1.82) is 0 Å². The highest BCUT2D eigenvalue weighted by Gasteiger charge is 2.22. The maximum absolute atomic E-state index is 12.5. The van der Waals surface area contributed by atoms with Gasteiger partial charge in [-0.3, -0.25) is 14.6 Å². The number of carbonyl (C=O) groups is 2. The lowest BCUT2D eigenvalue weighted by molar-refractivity contribution is -0.137. The monoisotopic (exact) mass is 276 g/mol. The summed E-state index contributed by atoms with van der Waals surface area (Å²) in [5, 5.41) is 12.9. The molecular formula is C13H16N4O3. The summed E-state index contributed by atoms with van der Waals surface area (Å²) in [6.07, 6.45) is 6.20. The molecule has 2 rings (SSSR count). The normalized spacial score (nSPS) is 10.9. The van der Waals surface area contributed by atoms with Crippen LogP contribution < -0.4 is 0 Å². The molecule has 0 aliphatic heterocycles. The molecule has 0 aliphatic rings. The van der Waals surface area contributed by atoms with Crippen molar-refractivity contribution in [1.82, 2.24) is 19.5 Å². The SMILES string of the molecule is CC(C)N(CCC(=O)O)C(=O)c1cnn2ccncc12. The van der Waals surface area contributed by atoms with E-state index in [0.717, 1.165) is 0 Å². The molecule has 20 heavy (non-hydrogen) atoms. The van der Waals surface area contributed by atoms with Crippen molar-refractivity contribution in [2.45, 2.75) is 26.3 Å². The maximum atomic E-state index is 12.5. The molecule has 1 N–H and O–H groups in total. The zero-order valence-electron chi connectivity index (χ0n) is 11.4. The summed E-state index contributed by atoms with van der Waals surface area (Å²) in [7, 11) is 0. The van der Waals surface area contributed by atoms with E-state index in [4.69, 9.17) is 5.11 Å². The van der Waals surface area contributed by atoms with Gasteiger partial charge < -0.3 is 10.0 Å². The van der Waals surface area contributed by atoms with Crippen molar-refractivity contribution >= 4 is 17.4 Å². The fourth-order valence-corrected chi connectivity index (χ4v) is 1.96. The summed E-state index contributed by atoms with van der Waals surface area (Å²) in [5.41, 5.74) is 1.04. The van der Waals surface area contributed by atoms with E-state index in [2.05, 4.69) is 10.1 Å². The molecule has 0 unspecified atom stereocenters. The summed E-state index contributed by atoms with van der Waals surface area (Å²) in [5.74, 6) is -1.16. The highest BCUT2D eigenvalue weighted by Crippen LogP contribution is 2.14. The van der Waals surface area contributed by atoms with E-state index in [9.17, 15) is 9.59 Å². The van der Waals surface area contributed by atoms with Crippen molar-refractivity contribution in [2.75, 3.05) is 6.54 Å². The Kier molecular flexibility index (Phi) is 3.97. The van der Waals surface area contributed by atoms with Crippen molar-refractivity contribution in [2.24, 2.45) is 0 Å². The summed E-state index contributed by atoms with van der Waals surface area (Å²) < 4.78 is 1.57. The highest BCUT2D eigenvalue weighted by atomic mass is 16.4. The number of hydrogen-bond donors (Lipinski definition) is 1. The van der Waals surface area contributed by atoms with Crippen LogP contribution in [0, 0.1) is 0 Å². The molecule has 0 radical (unpaired) electrons. The average Bonchev–Trinajstić information content (AvgIpc) is 2.81. The van der Waals surface area contributed by atoms with Gasteiger partial charge >= 0.3 is 5.97 Å². The Morgan fingerprint density at radius 2 is 2.15 bits per heavy atom. The Balaban J connectivity index is 2.29. The van der Waals surface area contributed by atoms with E-state index in [0.29, 0.717) is 11.1 Å². The predicted molar refractivity (Wildman–Crippen MR) is 71.4 cm³/mol. The van der Waals surface area contributed by atoms with Gasteiger partial charge in [-0.05, 0) is 13.8 Å². The fraction of sp³-hybridized carbons (Fsp3) is 0.385. The van der Waals surface area contributed by atoms with Gasteiger partial charge in [0.1, 0.15) is 0 Å². The smallest absolute Gasteiger partial charge is 0.305 e. The van der Waals surface area contributed by atoms with Gasteiger partial charge in [-0.15, -0.1) is 0 Å². The van der Waals surface area contributed by atoms with Crippen LogP contribution in [0.25, 0.3) is 5.52 Å². The van der Waals surface area contributed by atoms with E-state index in [1.165, 1.54) is 11.1 Å². The molecule has 2 aromatic rings. The number of carbonyl (C=O) groups excluding carboxylic acids is 1. The molecule has 0 bridgehead atoms. The van der Waals surface area contributed by atoms with Crippen LogP contribution in [-0.4, -0.2) is 49.1 Å². The molecule has 7 nitrogen and oxygen atoms in total. The van der Waals surface area contributed by atoms with Gasteiger partial charge in [-0.2, -0.15) is 5.10 Å². The second kappa shape index (κ2) is 5.68. The van der Waals surface area contributed by atoms with E-state index in [-0.39, 0.29) is 24.9 Å². The van der Waals surface area contributed by atoms with Crippen LogP contribution in [0.3, 0.4) is 0 Å². The van der Waals surface area contributed by atoms with E-state index < -0.39 is 5.97 Å². The first kappa shape index (κ1) is 14.0. The van der Waals surface area contributed by atoms with Gasteiger partial charge in [0.05, 0.1) is 29.9 Å². The second-order valence-corrected chi connectivity index (χ2v) is 4.70. The van der Waals surface area contributed by atoms with Gasteiger partial charge in [0.25, 0.3) is 5.91 Å². The van der Waals surface area contributed by atoms with Crippen molar-refractivity contribution in [3.63, 3.8) is 0 Å². The number of hydrogen-bond acceptors (Lipinski definition) is 4. The van der Waals surface area contributed by atoms with Gasteiger partial charge in [0, 0.05) is 25.0 Å². The number of fused-ring (bicyclic) bond motifs is 1. The Labute approximate surface area is 115 Å². The number of aliphatic carboxylic acids is 1. The minimum absolute atomic E-state index is 0.0820. The number of aromatic nitrogens is 3. The lowest BCUT2D eigenvalue weighted by atomic mass is 10.2. The Bertz CT molecular complexity index is 635. The van der Waals surface area contributed by atoms with E-state index in [1.54, 1.807) is 23.1 Å². The van der Waals surface area contributed by atoms with Gasteiger partial charge in [-0.25, -0.2) is 4.52 Å². The Hall–Kier alpha value is -2.44. The van der Waals surface area contributed by atoms with Crippen molar-refractivity contribution in [3.8, 4) is 0 Å². The molecule has 2 heterocycles. The topological polar surface area (TPSA) is 87.8 Å². The predicted octanol–water partition coefficient (Wildman–Crippen LogP) is 1.05. The number of carboxylic acid groups (broad SMARTS) is 1. The zero-order chi connectivity index (χ0) is 14.7. The standard InChI is InChI=1S/C13H16N4O3/c1-9(2)16(5-3-12(18)19)13(20)10-7-15-17-6-4-14-8-11(10)17/h4,6-9H,3,5H2,1-2H3,(H,18,19). The molecule has 0 aliphatic carbocycles. The van der Waals surface area contributed by atoms with Crippen LogP contribution >= 0.6 is 0 Å². The maximum Gasteiger partial charge on any atom is 0.305 e. The zero-order valence-corrected chi connectivity index (χ0v) is 11.4. The molecule has 7 heteroatoms. The number of nitrogens with zero attached hydrogens (tertiary/aromatic N) is 4. The minimum atomic E-state index is -0.926. The Morgan fingerprint density at radius 3 is 2.80 bits per heavy atom. The van der Waals surface area contributed by atoms with Crippen molar-refractivity contribution in [3.05, 3.63) is 30.4 Å². The molecule has 1 amide bonds. The van der Waals surface area contributed by atoms with Crippen LogP contribution in [0.4, 0.5) is 0 Å². The van der Waals surface area contributed by atoms with Gasteiger partial charge in [0.15, 0.2) is 0 Å². The number of amides is 1. The summed E-state index contributed by atoms with van der Waals surface area (Å²) in [6.45, 7) is 3.87. The molecule has 2 aromatic heterocycles. The lowest BCUT2D eigenvalue weighted by Crippen LogP contribution is -2.38. The molecule has 0 saturated heterocycles. The fourth-order valence-electron chi connectivity index (χ4n) is 1.96. The minimum Gasteiger partial charge on any atom is -0.481 e. The van der Waals surface area contributed by atoms with Gasteiger partial charge in [-0.1, -0.05) is 0 Å². The summed E-state index contributed by atoms with van der Waals surface area (Å²) in [6, 6.07) is -0.0894. The molecule has 0 fully saturated rings. The van der Waals surface area contributed by atoms with Crippen LogP contribution in [0.5, 0.6) is 0 Å². The lowest BCUT2D eigenvalue weighted by Gasteiger charge is -2.25. The number of carboxylic acids is 1. The largest absolute Gasteiger partial charge is 0.481 e. The van der Waals surface area contributed by atoms with Crippen LogP contribution in [0.2, 0.25) is 0 Å². The molecular weight excluding hydrogens is 260 g/mol. The highest BCUT2D eigenvalue weighted by molar-refractivity contribution is 6.00. The number of rotatable bonds is 5. The van der Waals surface area contributed by atoms with Crippen molar-refractivity contribution < 1.29 is 14.7 Å². The Morgan fingerprint density at radius 1 is 1.40 bits per heavy atom. The second-order valence-electron chi connectivity index (χ2n) is 4.70. The molecule has 0 atom stereocenters. The first-order valence-electron chi connectivity index (χ1n) is 6.31.